The number of hydrogen-bond donors (Lipinski definition) is 1. The summed E-state index contributed by atoms with van der Waals surface area (Å²) in [6.45, 7) is 0. The van der Waals surface area contributed by atoms with E-state index in [1.165, 1.54) is 32.1 Å². The number of thiophene rings is 1. The molecule has 1 saturated carbocycles. The molecule has 1 N–H and O–H groups in total. The van der Waals surface area contributed by atoms with Crippen molar-refractivity contribution in [2.45, 2.75) is 50.7 Å². The van der Waals surface area contributed by atoms with Gasteiger partial charge in [-0.15, -0.1) is 11.3 Å². The third-order valence-corrected chi connectivity index (χ3v) is 4.97. The Kier molecular flexibility index (Phi) is 3.55. The maximum atomic E-state index is 11.5. The minimum Gasteiger partial charge on any atom is -0.438 e. The molecule has 3 nitrogen and oxygen atoms in total. The van der Waals surface area contributed by atoms with Crippen LogP contribution in [0.3, 0.4) is 0 Å². The highest BCUT2D eigenvalue weighted by Crippen LogP contribution is 2.36. The van der Waals surface area contributed by atoms with Gasteiger partial charge in [-0.2, -0.15) is 0 Å². The van der Waals surface area contributed by atoms with Gasteiger partial charge in [-0.25, -0.2) is 4.79 Å². The van der Waals surface area contributed by atoms with Crippen molar-refractivity contribution in [3.05, 3.63) is 22.4 Å². The normalized spacial score (nSPS) is 29.0. The average molecular weight is 265 g/mol. The summed E-state index contributed by atoms with van der Waals surface area (Å²) in [5, 5.41) is 5.03. The average Bonchev–Trinajstić information content (AvgIpc) is 3.00. The SMILES string of the molecule is O=C1N[C@@H](CC2CCCCC2)[C@H](c2cccs2)O1. The lowest BCUT2D eigenvalue weighted by atomic mass is 9.84. The first-order chi connectivity index (χ1) is 8.83. The molecule has 0 spiro atoms. The van der Waals surface area contributed by atoms with E-state index in [2.05, 4.69) is 11.4 Å². The Morgan fingerprint density at radius 1 is 1.33 bits per heavy atom. The quantitative estimate of drug-likeness (QED) is 0.901. The molecule has 0 aromatic carbocycles. The zero-order valence-corrected chi connectivity index (χ0v) is 11.2. The van der Waals surface area contributed by atoms with Crippen LogP contribution < -0.4 is 5.32 Å². The predicted molar refractivity (Wildman–Crippen MR) is 71.7 cm³/mol. The third kappa shape index (κ3) is 2.53. The van der Waals surface area contributed by atoms with Crippen LogP contribution in [-0.2, 0) is 4.74 Å². The fraction of sp³-hybridized carbons (Fsp3) is 0.643. The highest BCUT2D eigenvalue weighted by atomic mass is 32.1. The van der Waals surface area contributed by atoms with Crippen LogP contribution in [0.5, 0.6) is 0 Å². The van der Waals surface area contributed by atoms with E-state index in [9.17, 15) is 4.79 Å². The van der Waals surface area contributed by atoms with Crippen molar-refractivity contribution >= 4 is 17.4 Å². The molecular weight excluding hydrogens is 246 g/mol. The highest BCUT2D eigenvalue weighted by Gasteiger charge is 2.37. The van der Waals surface area contributed by atoms with E-state index in [4.69, 9.17) is 4.74 Å². The van der Waals surface area contributed by atoms with Gasteiger partial charge in [0.2, 0.25) is 0 Å². The Morgan fingerprint density at radius 2 is 2.17 bits per heavy atom. The number of cyclic esters (lactones) is 1. The summed E-state index contributed by atoms with van der Waals surface area (Å²) in [4.78, 5) is 12.6. The first-order valence-electron chi connectivity index (χ1n) is 6.83. The van der Waals surface area contributed by atoms with Crippen molar-refractivity contribution in [3.8, 4) is 0 Å². The number of alkyl carbamates (subject to hydrolysis) is 1. The van der Waals surface area contributed by atoms with E-state index in [1.54, 1.807) is 11.3 Å². The number of hydrogen-bond acceptors (Lipinski definition) is 3. The zero-order chi connectivity index (χ0) is 12.4. The molecule has 1 aliphatic heterocycles. The fourth-order valence-corrected chi connectivity index (χ4v) is 3.95. The molecule has 4 heteroatoms. The van der Waals surface area contributed by atoms with Crippen molar-refractivity contribution in [1.29, 1.82) is 0 Å². The van der Waals surface area contributed by atoms with E-state index < -0.39 is 0 Å². The number of rotatable bonds is 3. The van der Waals surface area contributed by atoms with Gasteiger partial charge in [0.05, 0.1) is 6.04 Å². The topological polar surface area (TPSA) is 38.3 Å². The van der Waals surface area contributed by atoms with Gasteiger partial charge in [-0.05, 0) is 23.8 Å². The third-order valence-electron chi connectivity index (χ3n) is 4.04. The zero-order valence-electron chi connectivity index (χ0n) is 10.4. The molecule has 98 valence electrons. The Labute approximate surface area is 112 Å². The van der Waals surface area contributed by atoms with E-state index in [-0.39, 0.29) is 18.2 Å². The second kappa shape index (κ2) is 5.31. The van der Waals surface area contributed by atoms with Crippen LogP contribution in [0.2, 0.25) is 0 Å². The summed E-state index contributed by atoms with van der Waals surface area (Å²) < 4.78 is 5.42. The molecule has 3 rings (SSSR count). The lowest BCUT2D eigenvalue weighted by Crippen LogP contribution is -2.30. The van der Waals surface area contributed by atoms with Crippen molar-refractivity contribution in [2.75, 3.05) is 0 Å². The van der Waals surface area contributed by atoms with Crippen LogP contribution in [-0.4, -0.2) is 12.1 Å². The Bertz CT molecular complexity index is 398. The lowest BCUT2D eigenvalue weighted by Gasteiger charge is -2.25. The standard InChI is InChI=1S/C14H19NO2S/c16-14-15-11(9-10-5-2-1-3-6-10)13(17-14)12-7-4-8-18-12/h4,7-8,10-11,13H,1-3,5-6,9H2,(H,15,16)/t11-,13+/m0/s1. The van der Waals surface area contributed by atoms with Crippen molar-refractivity contribution < 1.29 is 9.53 Å². The van der Waals surface area contributed by atoms with Crippen molar-refractivity contribution in [1.82, 2.24) is 5.32 Å². The second-order valence-electron chi connectivity index (χ2n) is 5.33. The molecule has 0 unspecified atom stereocenters. The Hall–Kier alpha value is -1.03. The molecule has 1 aromatic heterocycles. The molecule has 2 aliphatic rings. The molecule has 2 fully saturated rings. The van der Waals surface area contributed by atoms with E-state index in [0.29, 0.717) is 0 Å². The number of carbonyl (C=O) groups excluding carboxylic acids is 1. The molecule has 18 heavy (non-hydrogen) atoms. The molecule has 1 aliphatic carbocycles. The van der Waals surface area contributed by atoms with E-state index in [0.717, 1.165) is 17.2 Å². The monoisotopic (exact) mass is 265 g/mol. The van der Waals surface area contributed by atoms with Crippen LogP contribution in [0.15, 0.2) is 17.5 Å². The van der Waals surface area contributed by atoms with Crippen LogP contribution in [0, 0.1) is 5.92 Å². The fourth-order valence-electron chi connectivity index (χ4n) is 3.13. The summed E-state index contributed by atoms with van der Waals surface area (Å²) in [6, 6.07) is 4.24. The summed E-state index contributed by atoms with van der Waals surface area (Å²) in [6.07, 6.45) is 7.42. The largest absolute Gasteiger partial charge is 0.438 e. The summed E-state index contributed by atoms with van der Waals surface area (Å²) in [5.74, 6) is 0.758. The van der Waals surface area contributed by atoms with Gasteiger partial charge in [-0.1, -0.05) is 38.2 Å². The van der Waals surface area contributed by atoms with Gasteiger partial charge in [0.15, 0.2) is 6.10 Å². The molecule has 1 saturated heterocycles. The summed E-state index contributed by atoms with van der Waals surface area (Å²) in [7, 11) is 0. The van der Waals surface area contributed by atoms with E-state index >= 15 is 0 Å². The maximum Gasteiger partial charge on any atom is 0.408 e. The highest BCUT2D eigenvalue weighted by molar-refractivity contribution is 7.10. The van der Waals surface area contributed by atoms with Gasteiger partial charge in [0.25, 0.3) is 0 Å². The minimum absolute atomic E-state index is 0.0700. The maximum absolute atomic E-state index is 11.5. The molecule has 0 bridgehead atoms. The molecule has 2 heterocycles. The Morgan fingerprint density at radius 3 is 2.89 bits per heavy atom. The van der Waals surface area contributed by atoms with Gasteiger partial charge in [0, 0.05) is 4.88 Å². The molecule has 1 aromatic rings. The number of ether oxygens (including phenoxy) is 1. The smallest absolute Gasteiger partial charge is 0.408 e. The molecule has 1 amide bonds. The molecular formula is C14H19NO2S. The molecule has 2 atom stereocenters. The van der Waals surface area contributed by atoms with Crippen LogP contribution in [0.25, 0.3) is 0 Å². The second-order valence-corrected chi connectivity index (χ2v) is 6.31. The lowest BCUT2D eigenvalue weighted by molar-refractivity contribution is 0.128. The van der Waals surface area contributed by atoms with Crippen molar-refractivity contribution in [3.63, 3.8) is 0 Å². The minimum atomic E-state index is -0.255. The first-order valence-corrected chi connectivity index (χ1v) is 7.71. The van der Waals surface area contributed by atoms with Gasteiger partial charge < -0.3 is 10.1 Å². The number of carbonyl (C=O) groups is 1. The van der Waals surface area contributed by atoms with E-state index in [1.807, 2.05) is 11.4 Å². The van der Waals surface area contributed by atoms with Gasteiger partial charge in [-0.3, -0.25) is 0 Å². The summed E-state index contributed by atoms with van der Waals surface area (Å²) in [5.41, 5.74) is 0. The first kappa shape index (κ1) is 12.0. The van der Waals surface area contributed by atoms with Crippen LogP contribution in [0.4, 0.5) is 4.79 Å². The predicted octanol–water partition coefficient (Wildman–Crippen LogP) is 3.87. The van der Waals surface area contributed by atoms with Gasteiger partial charge in [0.1, 0.15) is 0 Å². The van der Waals surface area contributed by atoms with Crippen LogP contribution >= 0.6 is 11.3 Å². The number of amides is 1. The van der Waals surface area contributed by atoms with Gasteiger partial charge >= 0.3 is 6.09 Å². The van der Waals surface area contributed by atoms with Crippen LogP contribution in [0.1, 0.15) is 49.5 Å². The number of nitrogens with one attached hydrogen (secondary N) is 1. The van der Waals surface area contributed by atoms with Crippen molar-refractivity contribution in [2.24, 2.45) is 5.92 Å². The summed E-state index contributed by atoms with van der Waals surface area (Å²) >= 11 is 1.67. The Balaban J connectivity index is 1.67. The molecule has 0 radical (unpaired) electrons.